The van der Waals surface area contributed by atoms with E-state index in [1.54, 1.807) is 0 Å². The highest BCUT2D eigenvalue weighted by molar-refractivity contribution is 8.26. The van der Waals surface area contributed by atoms with Gasteiger partial charge in [0.2, 0.25) is 0 Å². The van der Waals surface area contributed by atoms with Crippen molar-refractivity contribution in [3.63, 3.8) is 0 Å². The van der Waals surface area contributed by atoms with Crippen LogP contribution in [0.15, 0.2) is 64.5 Å². The number of nitrogens with zero attached hydrogens (tertiary/aromatic N) is 3. The number of esters is 3. The molecule has 4 rings (SSSR count). The van der Waals surface area contributed by atoms with Crippen molar-refractivity contribution >= 4 is 76.8 Å². The monoisotopic (exact) mass is 911 g/mol. The van der Waals surface area contributed by atoms with Crippen molar-refractivity contribution in [3.8, 4) is 17.6 Å². The molecular formula is C46H61N3O8S4. The van der Waals surface area contributed by atoms with Gasteiger partial charge in [-0.2, -0.15) is 5.26 Å². The van der Waals surface area contributed by atoms with E-state index in [1.165, 1.54) is 22.2 Å². The van der Waals surface area contributed by atoms with Crippen LogP contribution in [0.1, 0.15) is 121 Å². The van der Waals surface area contributed by atoms with E-state index in [-0.39, 0.29) is 83.8 Å². The topological polar surface area (TPSA) is 143 Å². The maximum Gasteiger partial charge on any atom is 0.350 e. The van der Waals surface area contributed by atoms with Gasteiger partial charge in [-0.05, 0) is 47.8 Å². The lowest BCUT2D eigenvalue weighted by atomic mass is 9.84. The van der Waals surface area contributed by atoms with Crippen LogP contribution in [0.2, 0.25) is 0 Å². The standard InChI is InChI=1S/C46H61N3O8S4/c1-13-17-18-29(16-4)26-55-42(54)30(25-47)43-58-36-34(56-31(50)21-27(5)23-45(7,8)9)38-39(35(37(36)59-43)57-32(51)22-28(6)24-46(10,11)12)61-44(60-38)33-40(52)48(19-14-2)49(20-15-3)41(33)53/h14-15,27-29H,2-3,13,16-24,26H2,1,4-12H3. The van der Waals surface area contributed by atoms with Gasteiger partial charge >= 0.3 is 17.9 Å². The van der Waals surface area contributed by atoms with Gasteiger partial charge in [0.05, 0.1) is 47.8 Å². The minimum Gasteiger partial charge on any atom is -0.461 e. The molecule has 0 saturated carbocycles. The van der Waals surface area contributed by atoms with Crippen molar-refractivity contribution in [2.45, 2.75) is 140 Å². The van der Waals surface area contributed by atoms with Gasteiger partial charge < -0.3 is 14.2 Å². The average molecular weight is 912 g/mol. The molecule has 0 aliphatic carbocycles. The summed E-state index contributed by atoms with van der Waals surface area (Å²) in [6.45, 7) is 28.6. The van der Waals surface area contributed by atoms with Gasteiger partial charge in [0.25, 0.3) is 11.8 Å². The molecule has 0 N–H and O–H groups in total. The maximum atomic E-state index is 13.9. The third-order valence-corrected chi connectivity index (χ3v) is 15.1. The van der Waals surface area contributed by atoms with Gasteiger partial charge in [0, 0.05) is 12.8 Å². The molecule has 3 heterocycles. The molecule has 1 fully saturated rings. The molecule has 11 nitrogen and oxygen atoms in total. The first kappa shape index (κ1) is 50.1. The summed E-state index contributed by atoms with van der Waals surface area (Å²) in [6, 6.07) is 2.05. The number of hydrogen-bond acceptors (Lipinski definition) is 13. The Morgan fingerprint density at radius 2 is 1.21 bits per heavy atom. The second kappa shape index (κ2) is 21.7. The van der Waals surface area contributed by atoms with Gasteiger partial charge in [-0.25, -0.2) is 14.8 Å². The zero-order valence-electron chi connectivity index (χ0n) is 37.3. The molecule has 15 heteroatoms. The Morgan fingerprint density at radius 1 is 0.770 bits per heavy atom. The average Bonchev–Trinajstić information content (AvgIpc) is 3.84. The molecule has 2 amide bonds. The molecular weight excluding hydrogens is 851 g/mol. The van der Waals surface area contributed by atoms with E-state index in [0.29, 0.717) is 28.1 Å². The molecule has 3 unspecified atom stereocenters. The van der Waals surface area contributed by atoms with Crippen molar-refractivity contribution in [2.24, 2.45) is 28.6 Å². The molecule has 1 aromatic rings. The summed E-state index contributed by atoms with van der Waals surface area (Å²) >= 11 is 4.30. The normalized spacial score (nSPS) is 16.5. The van der Waals surface area contributed by atoms with E-state index in [0.717, 1.165) is 85.6 Å². The Balaban J connectivity index is 1.90. The van der Waals surface area contributed by atoms with Crippen molar-refractivity contribution in [3.05, 3.63) is 44.9 Å². The zero-order chi connectivity index (χ0) is 45.4. The number of ether oxygens (including phenoxy) is 3. The largest absolute Gasteiger partial charge is 0.461 e. The number of hydrazine groups is 1. The van der Waals surface area contributed by atoms with Gasteiger partial charge in [-0.15, -0.1) is 13.2 Å². The molecule has 61 heavy (non-hydrogen) atoms. The third kappa shape index (κ3) is 13.0. The van der Waals surface area contributed by atoms with Crippen LogP contribution in [0.5, 0.6) is 11.5 Å². The smallest absolute Gasteiger partial charge is 0.350 e. The van der Waals surface area contributed by atoms with Gasteiger partial charge in [-0.3, -0.25) is 19.2 Å². The van der Waals surface area contributed by atoms with E-state index in [2.05, 4.69) is 67.7 Å². The maximum absolute atomic E-state index is 13.9. The van der Waals surface area contributed by atoms with E-state index in [4.69, 9.17) is 14.2 Å². The predicted molar refractivity (Wildman–Crippen MR) is 245 cm³/mol. The number of carbonyl (C=O) groups excluding carboxylic acids is 5. The minimum absolute atomic E-state index is 0.0224. The van der Waals surface area contributed by atoms with E-state index >= 15 is 0 Å². The van der Waals surface area contributed by atoms with Crippen molar-refractivity contribution in [1.29, 1.82) is 5.26 Å². The van der Waals surface area contributed by atoms with Crippen LogP contribution >= 0.6 is 47.0 Å². The van der Waals surface area contributed by atoms with Crippen molar-refractivity contribution in [1.82, 2.24) is 10.0 Å². The number of nitriles is 1. The number of hydrogen-bond donors (Lipinski definition) is 0. The number of unbranched alkanes of at least 4 members (excludes halogenated alkanes) is 1. The third-order valence-electron chi connectivity index (χ3n) is 9.91. The van der Waals surface area contributed by atoms with E-state index in [9.17, 15) is 29.2 Å². The fourth-order valence-corrected chi connectivity index (χ4v) is 13.0. The number of fused-ring (bicyclic) bond motifs is 2. The van der Waals surface area contributed by atoms with Crippen LogP contribution < -0.4 is 9.47 Å². The lowest BCUT2D eigenvalue weighted by molar-refractivity contribution is -0.144. The van der Waals surface area contributed by atoms with Gasteiger partial charge in [-0.1, -0.05) is 148 Å². The number of benzene rings is 1. The highest BCUT2D eigenvalue weighted by Gasteiger charge is 2.46. The van der Waals surface area contributed by atoms with E-state index < -0.39 is 29.7 Å². The Labute approximate surface area is 379 Å². The van der Waals surface area contributed by atoms with Gasteiger partial charge in [0.15, 0.2) is 17.1 Å². The fourth-order valence-electron chi connectivity index (χ4n) is 7.60. The summed E-state index contributed by atoms with van der Waals surface area (Å²) in [4.78, 5) is 70.8. The Morgan fingerprint density at radius 3 is 1.59 bits per heavy atom. The first-order valence-electron chi connectivity index (χ1n) is 20.9. The first-order valence-corrected chi connectivity index (χ1v) is 24.2. The van der Waals surface area contributed by atoms with Crippen LogP contribution in [0, 0.1) is 39.9 Å². The Kier molecular flexibility index (Phi) is 17.8. The second-order valence-corrected chi connectivity index (χ2v) is 22.9. The number of amides is 2. The Bertz CT molecular complexity index is 1910. The van der Waals surface area contributed by atoms with Gasteiger partial charge in [0.1, 0.15) is 11.6 Å². The second-order valence-electron chi connectivity index (χ2n) is 18.3. The van der Waals surface area contributed by atoms with Crippen molar-refractivity contribution in [2.75, 3.05) is 19.7 Å². The van der Waals surface area contributed by atoms with Crippen LogP contribution in [-0.4, -0.2) is 59.4 Å². The molecule has 0 bridgehead atoms. The number of thioether (sulfide) groups is 4. The molecule has 0 radical (unpaired) electrons. The molecule has 3 atom stereocenters. The summed E-state index contributed by atoms with van der Waals surface area (Å²) in [6.07, 6.45) is 8.51. The molecule has 0 spiro atoms. The first-order chi connectivity index (χ1) is 28.7. The number of carbonyl (C=O) groups is 5. The highest BCUT2D eigenvalue weighted by Crippen LogP contribution is 2.69. The van der Waals surface area contributed by atoms with Crippen LogP contribution in [0.3, 0.4) is 0 Å². The van der Waals surface area contributed by atoms with Crippen LogP contribution in [0.4, 0.5) is 0 Å². The van der Waals surface area contributed by atoms with Crippen LogP contribution in [0.25, 0.3) is 0 Å². The minimum atomic E-state index is -0.765. The number of rotatable bonds is 19. The summed E-state index contributed by atoms with van der Waals surface area (Å²) in [5, 5.41) is 13.0. The summed E-state index contributed by atoms with van der Waals surface area (Å²) in [5.74, 6) is -2.45. The SMILES string of the molecule is C=CCN1C(=O)C(=C2Sc3c(OC(=O)CC(C)CC(C)(C)C)c4c(c(OC(=O)CC(C)CC(C)(C)C)c3S2)SC(=C(C#N)C(=O)OCC(CC)CCCC)S4)C(=O)N1CC=C. The molecule has 1 saturated heterocycles. The molecule has 1 aromatic carbocycles. The lowest BCUT2D eigenvalue weighted by Gasteiger charge is -2.24. The highest BCUT2D eigenvalue weighted by atomic mass is 32.2. The quantitative estimate of drug-likeness (QED) is 0.0325. The van der Waals surface area contributed by atoms with Crippen molar-refractivity contribution < 1.29 is 38.2 Å². The molecule has 0 aromatic heterocycles. The fraction of sp³-hybridized carbons (Fsp3) is 0.565. The van der Waals surface area contributed by atoms with Crippen LogP contribution in [-0.2, 0) is 28.7 Å². The molecule has 332 valence electrons. The Hall–Kier alpha value is -3.58. The molecule has 3 aliphatic heterocycles. The zero-order valence-corrected chi connectivity index (χ0v) is 40.6. The predicted octanol–water partition coefficient (Wildman–Crippen LogP) is 11.5. The lowest BCUT2D eigenvalue weighted by Crippen LogP contribution is -2.40. The summed E-state index contributed by atoms with van der Waals surface area (Å²) in [7, 11) is 0. The van der Waals surface area contributed by atoms with E-state index in [1.807, 2.05) is 20.8 Å². The summed E-state index contributed by atoms with van der Waals surface area (Å²) < 4.78 is 18.9. The summed E-state index contributed by atoms with van der Waals surface area (Å²) in [5.41, 5.74) is -0.361. The molecule has 3 aliphatic rings.